The van der Waals surface area contributed by atoms with E-state index in [1.165, 1.54) is 7.11 Å². The van der Waals surface area contributed by atoms with Gasteiger partial charge in [0.05, 0.1) is 24.4 Å². The number of nitrogen functional groups attached to an aromatic ring is 1. The number of methoxy groups -OCH3 is 1. The van der Waals surface area contributed by atoms with Crippen LogP contribution in [0.5, 0.6) is 0 Å². The molecule has 0 amide bonds. The van der Waals surface area contributed by atoms with Gasteiger partial charge in [0.15, 0.2) is 0 Å². The van der Waals surface area contributed by atoms with E-state index in [0.717, 1.165) is 12.8 Å². The van der Waals surface area contributed by atoms with Gasteiger partial charge in [-0.25, -0.2) is 4.79 Å². The monoisotopic (exact) mass is 228 g/mol. The van der Waals surface area contributed by atoms with E-state index >= 15 is 0 Å². The SMILES string of the molecule is [B]c1ccc(C(=O)OC)c(N)c1C=NC1CC1. The smallest absolute Gasteiger partial charge is 0.339 e. The number of rotatable bonds is 3. The number of esters is 1. The van der Waals surface area contributed by atoms with Gasteiger partial charge in [0.25, 0.3) is 0 Å². The van der Waals surface area contributed by atoms with Crippen molar-refractivity contribution in [3.8, 4) is 0 Å². The first-order valence-corrected chi connectivity index (χ1v) is 5.43. The van der Waals surface area contributed by atoms with E-state index in [0.29, 0.717) is 28.3 Å². The van der Waals surface area contributed by atoms with E-state index in [2.05, 4.69) is 9.73 Å². The second kappa shape index (κ2) is 4.61. The number of carbonyl (C=O) groups excluding carboxylic acids is 1. The zero-order chi connectivity index (χ0) is 12.4. The Morgan fingerprint density at radius 2 is 2.29 bits per heavy atom. The molecule has 0 aliphatic heterocycles. The largest absolute Gasteiger partial charge is 0.465 e. The molecule has 1 fully saturated rings. The lowest BCUT2D eigenvalue weighted by Gasteiger charge is -2.09. The van der Waals surface area contributed by atoms with Gasteiger partial charge in [-0.1, -0.05) is 11.5 Å². The number of benzene rings is 1. The molecule has 0 aromatic heterocycles. The van der Waals surface area contributed by atoms with E-state index in [1.807, 2.05) is 0 Å². The van der Waals surface area contributed by atoms with Gasteiger partial charge in [0.1, 0.15) is 7.85 Å². The van der Waals surface area contributed by atoms with Gasteiger partial charge in [0.2, 0.25) is 0 Å². The number of carbonyl (C=O) groups is 1. The van der Waals surface area contributed by atoms with Gasteiger partial charge in [-0.05, 0) is 18.9 Å². The maximum absolute atomic E-state index is 11.5. The minimum Gasteiger partial charge on any atom is -0.465 e. The topological polar surface area (TPSA) is 64.7 Å². The fraction of sp³-hybridized carbons (Fsp3) is 0.333. The van der Waals surface area contributed by atoms with Gasteiger partial charge in [-0.3, -0.25) is 4.99 Å². The third-order valence-corrected chi connectivity index (χ3v) is 2.69. The summed E-state index contributed by atoms with van der Waals surface area (Å²) in [4.78, 5) is 15.8. The summed E-state index contributed by atoms with van der Waals surface area (Å²) < 4.78 is 4.65. The molecule has 1 aliphatic rings. The van der Waals surface area contributed by atoms with Crippen LogP contribution >= 0.6 is 0 Å². The van der Waals surface area contributed by atoms with Crippen LogP contribution in [0.1, 0.15) is 28.8 Å². The fourth-order valence-corrected chi connectivity index (χ4v) is 1.49. The second-order valence-electron chi connectivity index (χ2n) is 4.03. The summed E-state index contributed by atoms with van der Waals surface area (Å²) in [6.45, 7) is 0. The number of nitrogens with two attached hydrogens (primary N) is 1. The highest BCUT2D eigenvalue weighted by atomic mass is 16.5. The number of hydrogen-bond donors (Lipinski definition) is 1. The normalized spacial score (nSPS) is 15.1. The Morgan fingerprint density at radius 3 is 2.88 bits per heavy atom. The average Bonchev–Trinajstić information content (AvgIpc) is 3.12. The third-order valence-electron chi connectivity index (χ3n) is 2.69. The fourth-order valence-electron chi connectivity index (χ4n) is 1.49. The second-order valence-corrected chi connectivity index (χ2v) is 4.03. The molecule has 0 unspecified atom stereocenters. The molecule has 2 N–H and O–H groups in total. The lowest BCUT2D eigenvalue weighted by molar-refractivity contribution is 0.0602. The van der Waals surface area contributed by atoms with Crippen LogP contribution in [0.3, 0.4) is 0 Å². The van der Waals surface area contributed by atoms with Crippen LogP contribution < -0.4 is 11.2 Å². The van der Waals surface area contributed by atoms with E-state index in [-0.39, 0.29) is 0 Å². The van der Waals surface area contributed by atoms with Crippen molar-refractivity contribution >= 4 is 31.2 Å². The van der Waals surface area contributed by atoms with Gasteiger partial charge in [-0.2, -0.15) is 0 Å². The maximum Gasteiger partial charge on any atom is 0.339 e. The molecule has 0 atom stereocenters. The Balaban J connectivity index is 2.38. The van der Waals surface area contributed by atoms with Gasteiger partial charge in [0, 0.05) is 11.8 Å². The van der Waals surface area contributed by atoms with E-state index in [1.54, 1.807) is 18.3 Å². The summed E-state index contributed by atoms with van der Waals surface area (Å²) in [6, 6.07) is 3.58. The molecule has 0 saturated heterocycles. The molecule has 0 heterocycles. The van der Waals surface area contributed by atoms with Crippen molar-refractivity contribution in [3.05, 3.63) is 23.3 Å². The van der Waals surface area contributed by atoms with Crippen molar-refractivity contribution < 1.29 is 9.53 Å². The first-order chi connectivity index (χ1) is 8.13. The van der Waals surface area contributed by atoms with Gasteiger partial charge >= 0.3 is 5.97 Å². The Hall–Kier alpha value is -1.78. The van der Waals surface area contributed by atoms with E-state index in [4.69, 9.17) is 13.6 Å². The van der Waals surface area contributed by atoms with Crippen LogP contribution in [-0.2, 0) is 4.74 Å². The molecule has 0 bridgehead atoms. The molecule has 86 valence electrons. The molecular weight excluding hydrogens is 215 g/mol. The Morgan fingerprint density at radius 1 is 1.59 bits per heavy atom. The van der Waals surface area contributed by atoms with Crippen molar-refractivity contribution in [2.75, 3.05) is 12.8 Å². The molecule has 1 aromatic carbocycles. The standard InChI is InChI=1S/C12H13BN2O2/c1-17-12(16)8-4-5-10(13)9(11(8)14)6-15-7-2-3-7/h4-7H,2-3,14H2,1H3. The Kier molecular flexibility index (Phi) is 3.18. The first kappa shape index (κ1) is 11.7. The van der Waals surface area contributed by atoms with Crippen LogP contribution in [0.15, 0.2) is 17.1 Å². The maximum atomic E-state index is 11.5. The third kappa shape index (κ3) is 2.49. The summed E-state index contributed by atoms with van der Waals surface area (Å²) in [5.74, 6) is -0.469. The number of anilines is 1. The minimum atomic E-state index is -0.469. The zero-order valence-corrected chi connectivity index (χ0v) is 9.64. The average molecular weight is 228 g/mol. The van der Waals surface area contributed by atoms with E-state index in [9.17, 15) is 4.79 Å². The molecule has 1 aromatic rings. The number of hydrogen-bond acceptors (Lipinski definition) is 4. The predicted molar refractivity (Wildman–Crippen MR) is 68.2 cm³/mol. The highest BCUT2D eigenvalue weighted by Gasteiger charge is 2.20. The Labute approximate surface area is 101 Å². The first-order valence-electron chi connectivity index (χ1n) is 5.43. The molecule has 17 heavy (non-hydrogen) atoms. The molecule has 4 nitrogen and oxygen atoms in total. The molecule has 2 rings (SSSR count). The lowest BCUT2D eigenvalue weighted by atomic mass is 9.88. The summed E-state index contributed by atoms with van der Waals surface area (Å²) in [5, 5.41) is 0. The number of aliphatic imine (C=N–C) groups is 1. The van der Waals surface area contributed by atoms with Crippen molar-refractivity contribution in [3.63, 3.8) is 0 Å². The van der Waals surface area contributed by atoms with Crippen molar-refractivity contribution in [2.24, 2.45) is 4.99 Å². The molecular formula is C12H13BN2O2. The minimum absolute atomic E-state index is 0.318. The highest BCUT2D eigenvalue weighted by molar-refractivity contribution is 6.36. The van der Waals surface area contributed by atoms with Crippen LogP contribution in [0, 0.1) is 0 Å². The van der Waals surface area contributed by atoms with Crippen molar-refractivity contribution in [2.45, 2.75) is 18.9 Å². The summed E-state index contributed by atoms with van der Waals surface area (Å²) >= 11 is 0. The Bertz CT molecular complexity index is 482. The zero-order valence-electron chi connectivity index (χ0n) is 9.64. The molecule has 1 aliphatic carbocycles. The molecule has 5 heteroatoms. The van der Waals surface area contributed by atoms with Crippen LogP contribution in [0.25, 0.3) is 0 Å². The van der Waals surface area contributed by atoms with Crippen LogP contribution in [0.2, 0.25) is 0 Å². The number of ether oxygens (including phenoxy) is 1. The summed E-state index contributed by atoms with van der Waals surface area (Å²) in [7, 11) is 7.13. The van der Waals surface area contributed by atoms with Gasteiger partial charge < -0.3 is 10.5 Å². The van der Waals surface area contributed by atoms with E-state index < -0.39 is 5.97 Å². The van der Waals surface area contributed by atoms with Crippen molar-refractivity contribution in [1.82, 2.24) is 0 Å². The van der Waals surface area contributed by atoms with Crippen molar-refractivity contribution in [1.29, 1.82) is 0 Å². The molecule has 2 radical (unpaired) electrons. The van der Waals surface area contributed by atoms with Gasteiger partial charge in [-0.15, -0.1) is 0 Å². The lowest BCUT2D eigenvalue weighted by Crippen LogP contribution is -2.17. The number of nitrogens with zero attached hydrogens (tertiary/aromatic N) is 1. The highest BCUT2D eigenvalue weighted by Crippen LogP contribution is 2.24. The van der Waals surface area contributed by atoms with Crippen LogP contribution in [-0.4, -0.2) is 33.2 Å². The molecule has 1 saturated carbocycles. The summed E-state index contributed by atoms with van der Waals surface area (Å²) in [5.41, 5.74) is 7.64. The van der Waals surface area contributed by atoms with Crippen LogP contribution in [0.4, 0.5) is 5.69 Å². The molecule has 0 spiro atoms. The predicted octanol–water partition coefficient (Wildman–Crippen LogP) is 0.431. The summed E-state index contributed by atoms with van der Waals surface area (Å²) in [6.07, 6.45) is 3.86. The quantitative estimate of drug-likeness (QED) is 0.353.